The number of epoxide rings is 1. The van der Waals surface area contributed by atoms with Gasteiger partial charge < -0.3 is 29.5 Å². The van der Waals surface area contributed by atoms with Crippen LogP contribution in [0, 0.1) is 5.92 Å². The van der Waals surface area contributed by atoms with Crippen molar-refractivity contribution in [3.8, 4) is 0 Å². The molecule has 3 fully saturated rings. The van der Waals surface area contributed by atoms with Crippen molar-refractivity contribution in [1.29, 1.82) is 0 Å². The summed E-state index contributed by atoms with van der Waals surface area (Å²) in [6.07, 6.45) is -1.47. The SMILES string of the molecule is C=C1C(=O)OC2CC(O)(CO)C(O)CC3OC3(C)CC(OC(=O)C(C)=CC)C12. The van der Waals surface area contributed by atoms with E-state index in [1.54, 1.807) is 19.9 Å². The van der Waals surface area contributed by atoms with Crippen LogP contribution in [0.5, 0.6) is 0 Å². The summed E-state index contributed by atoms with van der Waals surface area (Å²) in [5.74, 6) is -1.88. The van der Waals surface area contributed by atoms with Crippen LogP contribution >= 0.6 is 0 Å². The van der Waals surface area contributed by atoms with Crippen LogP contribution in [-0.2, 0) is 23.8 Å². The Bertz CT molecular complexity index is 715. The molecule has 2 aliphatic heterocycles. The Morgan fingerprint density at radius 1 is 1.43 bits per heavy atom. The molecule has 1 aliphatic carbocycles. The third-order valence-electron chi connectivity index (χ3n) is 6.27. The van der Waals surface area contributed by atoms with Gasteiger partial charge in [0.05, 0.1) is 30.3 Å². The summed E-state index contributed by atoms with van der Waals surface area (Å²) >= 11 is 0. The average molecular weight is 396 g/mol. The Kier molecular flexibility index (Phi) is 5.44. The zero-order valence-electron chi connectivity index (χ0n) is 16.4. The topological polar surface area (TPSA) is 126 Å². The number of aliphatic hydroxyl groups is 3. The van der Waals surface area contributed by atoms with Crippen molar-refractivity contribution in [2.24, 2.45) is 5.92 Å². The first-order chi connectivity index (χ1) is 13.0. The van der Waals surface area contributed by atoms with Crippen molar-refractivity contribution in [2.75, 3.05) is 6.61 Å². The van der Waals surface area contributed by atoms with E-state index in [-0.39, 0.29) is 24.5 Å². The Hall–Kier alpha value is -1.74. The molecule has 0 aromatic carbocycles. The summed E-state index contributed by atoms with van der Waals surface area (Å²) < 4.78 is 16.8. The fourth-order valence-electron chi connectivity index (χ4n) is 4.11. The molecule has 7 unspecified atom stereocenters. The van der Waals surface area contributed by atoms with E-state index in [2.05, 4.69) is 6.58 Å². The van der Waals surface area contributed by atoms with Crippen molar-refractivity contribution in [3.63, 3.8) is 0 Å². The van der Waals surface area contributed by atoms with Crippen LogP contribution < -0.4 is 0 Å². The van der Waals surface area contributed by atoms with E-state index >= 15 is 0 Å². The Balaban J connectivity index is 1.98. The zero-order chi connectivity index (χ0) is 20.9. The maximum Gasteiger partial charge on any atom is 0.334 e. The molecule has 0 radical (unpaired) electrons. The second-order valence-electron chi connectivity index (χ2n) is 8.25. The Labute approximate surface area is 163 Å². The predicted octanol–water partition coefficient (Wildman–Crippen LogP) is 0.388. The highest BCUT2D eigenvalue weighted by Crippen LogP contribution is 2.49. The van der Waals surface area contributed by atoms with Crippen LogP contribution in [0.4, 0.5) is 0 Å². The molecule has 3 aliphatic rings. The molecule has 8 nitrogen and oxygen atoms in total. The summed E-state index contributed by atoms with van der Waals surface area (Å²) in [4.78, 5) is 24.6. The molecular weight excluding hydrogens is 368 g/mol. The van der Waals surface area contributed by atoms with Gasteiger partial charge in [-0.2, -0.15) is 0 Å². The lowest BCUT2D eigenvalue weighted by atomic mass is 9.76. The highest BCUT2D eigenvalue weighted by Gasteiger charge is 2.60. The van der Waals surface area contributed by atoms with Gasteiger partial charge >= 0.3 is 11.9 Å². The van der Waals surface area contributed by atoms with E-state index < -0.39 is 54.0 Å². The van der Waals surface area contributed by atoms with Crippen molar-refractivity contribution >= 4 is 11.9 Å². The van der Waals surface area contributed by atoms with Gasteiger partial charge in [-0.3, -0.25) is 0 Å². The van der Waals surface area contributed by atoms with E-state index in [1.807, 2.05) is 6.92 Å². The molecule has 3 rings (SSSR count). The van der Waals surface area contributed by atoms with Gasteiger partial charge in [-0.1, -0.05) is 12.7 Å². The molecule has 28 heavy (non-hydrogen) atoms. The second kappa shape index (κ2) is 7.26. The second-order valence-corrected chi connectivity index (χ2v) is 8.25. The summed E-state index contributed by atoms with van der Waals surface area (Å²) in [6.45, 7) is 8.25. The lowest BCUT2D eigenvalue weighted by Crippen LogP contribution is -2.51. The van der Waals surface area contributed by atoms with E-state index in [0.717, 1.165) is 0 Å². The normalized spacial score (nSPS) is 43.6. The van der Waals surface area contributed by atoms with Crippen LogP contribution in [0.3, 0.4) is 0 Å². The number of esters is 2. The molecule has 3 N–H and O–H groups in total. The van der Waals surface area contributed by atoms with Crippen LogP contribution in [0.25, 0.3) is 0 Å². The molecule has 156 valence electrons. The average Bonchev–Trinajstić information content (AvgIpc) is 3.18. The minimum Gasteiger partial charge on any atom is -0.458 e. The summed E-state index contributed by atoms with van der Waals surface area (Å²) in [5, 5.41) is 31.0. The maximum atomic E-state index is 12.4. The smallest absolute Gasteiger partial charge is 0.334 e. The number of rotatable bonds is 3. The zero-order valence-corrected chi connectivity index (χ0v) is 16.4. The first kappa shape index (κ1) is 21.0. The molecule has 0 aromatic heterocycles. The summed E-state index contributed by atoms with van der Waals surface area (Å²) in [7, 11) is 0. The fraction of sp³-hybridized carbons (Fsp3) is 0.700. The van der Waals surface area contributed by atoms with Gasteiger partial charge in [-0.15, -0.1) is 0 Å². The minimum atomic E-state index is -1.88. The third-order valence-corrected chi connectivity index (χ3v) is 6.27. The van der Waals surface area contributed by atoms with E-state index in [9.17, 15) is 24.9 Å². The van der Waals surface area contributed by atoms with Gasteiger partial charge in [0.25, 0.3) is 0 Å². The molecule has 0 spiro atoms. The fourth-order valence-corrected chi connectivity index (χ4v) is 4.11. The predicted molar refractivity (Wildman–Crippen MR) is 97.0 cm³/mol. The molecule has 2 saturated heterocycles. The van der Waals surface area contributed by atoms with E-state index in [4.69, 9.17) is 14.2 Å². The number of hydrogen-bond donors (Lipinski definition) is 3. The number of carbonyl (C=O) groups is 2. The number of allylic oxidation sites excluding steroid dienone is 1. The molecule has 1 saturated carbocycles. The van der Waals surface area contributed by atoms with Crippen LogP contribution in [0.2, 0.25) is 0 Å². The van der Waals surface area contributed by atoms with Crippen molar-refractivity contribution < 1.29 is 39.1 Å². The van der Waals surface area contributed by atoms with Gasteiger partial charge in [-0.25, -0.2) is 9.59 Å². The van der Waals surface area contributed by atoms with Crippen LogP contribution in [0.1, 0.15) is 40.0 Å². The highest BCUT2D eigenvalue weighted by molar-refractivity contribution is 5.91. The van der Waals surface area contributed by atoms with Crippen molar-refractivity contribution in [2.45, 2.75) is 75.7 Å². The van der Waals surface area contributed by atoms with Crippen molar-refractivity contribution in [1.82, 2.24) is 0 Å². The largest absolute Gasteiger partial charge is 0.458 e. The molecule has 0 bridgehead atoms. The third kappa shape index (κ3) is 3.61. The number of ether oxygens (including phenoxy) is 3. The Morgan fingerprint density at radius 3 is 2.71 bits per heavy atom. The van der Waals surface area contributed by atoms with E-state index in [0.29, 0.717) is 12.0 Å². The number of fused-ring (bicyclic) bond motifs is 2. The quantitative estimate of drug-likeness (QED) is 0.355. The minimum absolute atomic E-state index is 0.106. The lowest BCUT2D eigenvalue weighted by Gasteiger charge is -2.37. The summed E-state index contributed by atoms with van der Waals surface area (Å²) in [6, 6.07) is 0. The van der Waals surface area contributed by atoms with Crippen molar-refractivity contribution in [3.05, 3.63) is 23.8 Å². The highest BCUT2D eigenvalue weighted by atomic mass is 16.6. The van der Waals surface area contributed by atoms with Gasteiger partial charge in [-0.05, 0) is 20.8 Å². The number of aliphatic hydroxyl groups excluding tert-OH is 2. The van der Waals surface area contributed by atoms with Gasteiger partial charge in [0.1, 0.15) is 17.8 Å². The first-order valence-corrected chi connectivity index (χ1v) is 9.47. The molecule has 8 heteroatoms. The Morgan fingerprint density at radius 2 is 2.11 bits per heavy atom. The molecule has 0 amide bonds. The molecule has 7 atom stereocenters. The van der Waals surface area contributed by atoms with Crippen LogP contribution in [0.15, 0.2) is 23.8 Å². The molecule has 0 aromatic rings. The monoisotopic (exact) mass is 396 g/mol. The standard InChI is InChI=1S/C20H28O8/c1-5-10(2)17(23)26-12-7-19(4)15(28-19)6-14(22)20(25,9-21)8-13-16(12)11(3)18(24)27-13/h5,12-16,21-22,25H,3,6-9H2,1-2,4H3. The first-order valence-electron chi connectivity index (χ1n) is 9.47. The van der Waals surface area contributed by atoms with E-state index in [1.165, 1.54) is 0 Å². The van der Waals surface area contributed by atoms with Crippen LogP contribution in [-0.4, -0.2) is 69.5 Å². The number of carbonyl (C=O) groups excluding carboxylic acids is 2. The maximum absolute atomic E-state index is 12.4. The number of hydrogen-bond acceptors (Lipinski definition) is 8. The van der Waals surface area contributed by atoms with Gasteiger partial charge in [0.2, 0.25) is 0 Å². The molecular formula is C20H28O8. The lowest BCUT2D eigenvalue weighted by molar-refractivity contribution is -0.159. The molecule has 2 heterocycles. The van der Waals surface area contributed by atoms with Gasteiger partial charge in [0, 0.05) is 30.4 Å². The van der Waals surface area contributed by atoms with Gasteiger partial charge in [0.15, 0.2) is 0 Å². The summed E-state index contributed by atoms with van der Waals surface area (Å²) in [5.41, 5.74) is -2.02.